The monoisotopic (exact) mass is 325 g/mol. The van der Waals surface area contributed by atoms with Gasteiger partial charge in [-0.15, -0.1) is 0 Å². The summed E-state index contributed by atoms with van der Waals surface area (Å²) < 4.78 is 5.37. The second-order valence-electron chi connectivity index (χ2n) is 5.95. The lowest BCUT2D eigenvalue weighted by atomic mass is 10.1. The van der Waals surface area contributed by atoms with Gasteiger partial charge in [0.25, 0.3) is 5.91 Å². The zero-order chi connectivity index (χ0) is 16.8. The Labute approximate surface area is 142 Å². The minimum atomic E-state index is 0.0772. The molecule has 1 aromatic carbocycles. The number of nitrogens with zero attached hydrogens (tertiary/aromatic N) is 2. The molecule has 5 nitrogen and oxygen atoms in total. The number of amides is 1. The summed E-state index contributed by atoms with van der Waals surface area (Å²) in [6, 6.07) is 9.88. The maximum atomic E-state index is 12.4. The van der Waals surface area contributed by atoms with Crippen molar-refractivity contribution in [3.63, 3.8) is 0 Å². The van der Waals surface area contributed by atoms with Crippen LogP contribution < -0.4 is 10.1 Å². The van der Waals surface area contributed by atoms with Crippen LogP contribution in [0.25, 0.3) is 0 Å². The standard InChI is InChI=1S/C19H23N3O2/c1-24-18-7-3-2-6-15(18)8-9-21-17-12-16(13-20-14-17)19(23)22-10-4-5-11-22/h2-3,6-7,12-14,21H,4-5,8-11H2,1H3. The minimum Gasteiger partial charge on any atom is -0.496 e. The van der Waals surface area contributed by atoms with Crippen molar-refractivity contribution in [2.75, 3.05) is 32.1 Å². The van der Waals surface area contributed by atoms with Gasteiger partial charge in [-0.25, -0.2) is 0 Å². The van der Waals surface area contributed by atoms with E-state index in [0.717, 1.165) is 55.9 Å². The van der Waals surface area contributed by atoms with Gasteiger partial charge in [-0.1, -0.05) is 18.2 Å². The van der Waals surface area contributed by atoms with E-state index in [0.29, 0.717) is 5.56 Å². The normalized spacial score (nSPS) is 13.8. The number of nitrogens with one attached hydrogen (secondary N) is 1. The van der Waals surface area contributed by atoms with Crippen molar-refractivity contribution in [1.82, 2.24) is 9.88 Å². The Kier molecular flexibility index (Phi) is 5.31. The van der Waals surface area contributed by atoms with E-state index < -0.39 is 0 Å². The molecule has 0 radical (unpaired) electrons. The molecule has 1 fully saturated rings. The largest absolute Gasteiger partial charge is 0.496 e. The van der Waals surface area contributed by atoms with Gasteiger partial charge in [0, 0.05) is 32.0 Å². The molecular formula is C19H23N3O2. The number of anilines is 1. The number of pyridine rings is 1. The lowest BCUT2D eigenvalue weighted by Crippen LogP contribution is -2.27. The first-order valence-corrected chi connectivity index (χ1v) is 8.38. The van der Waals surface area contributed by atoms with Gasteiger partial charge in [-0.2, -0.15) is 0 Å². The molecule has 0 unspecified atom stereocenters. The quantitative estimate of drug-likeness (QED) is 0.887. The van der Waals surface area contributed by atoms with E-state index in [1.807, 2.05) is 29.2 Å². The second kappa shape index (κ2) is 7.81. The Morgan fingerprint density at radius 3 is 2.83 bits per heavy atom. The number of methoxy groups -OCH3 is 1. The van der Waals surface area contributed by atoms with E-state index in [1.165, 1.54) is 0 Å². The van der Waals surface area contributed by atoms with E-state index in [9.17, 15) is 4.79 Å². The van der Waals surface area contributed by atoms with Crippen molar-refractivity contribution in [2.24, 2.45) is 0 Å². The molecule has 1 aliphatic heterocycles. The van der Waals surface area contributed by atoms with Crippen LogP contribution in [-0.2, 0) is 6.42 Å². The molecule has 5 heteroatoms. The zero-order valence-electron chi connectivity index (χ0n) is 14.0. The third-order valence-corrected chi connectivity index (χ3v) is 4.29. The first kappa shape index (κ1) is 16.3. The number of carbonyl (C=O) groups excluding carboxylic acids is 1. The average Bonchev–Trinajstić information content (AvgIpc) is 3.16. The highest BCUT2D eigenvalue weighted by atomic mass is 16.5. The molecule has 1 aromatic heterocycles. The number of rotatable bonds is 6. The highest BCUT2D eigenvalue weighted by Crippen LogP contribution is 2.18. The Bertz CT molecular complexity index is 697. The Morgan fingerprint density at radius 1 is 1.25 bits per heavy atom. The van der Waals surface area contributed by atoms with Crippen LogP contribution in [0.15, 0.2) is 42.7 Å². The molecule has 3 rings (SSSR count). The van der Waals surface area contributed by atoms with Crippen LogP contribution in [0.4, 0.5) is 5.69 Å². The number of likely N-dealkylation sites (tertiary alicyclic amines) is 1. The van der Waals surface area contributed by atoms with Gasteiger partial charge in [0.1, 0.15) is 5.75 Å². The molecule has 2 aromatic rings. The summed E-state index contributed by atoms with van der Waals surface area (Å²) in [6.45, 7) is 2.46. The molecule has 24 heavy (non-hydrogen) atoms. The van der Waals surface area contributed by atoms with Crippen LogP contribution in [0.1, 0.15) is 28.8 Å². The average molecular weight is 325 g/mol. The van der Waals surface area contributed by atoms with Gasteiger partial charge in [0.15, 0.2) is 0 Å². The maximum Gasteiger partial charge on any atom is 0.255 e. The fourth-order valence-corrected chi connectivity index (χ4v) is 3.01. The molecule has 0 aliphatic carbocycles. The summed E-state index contributed by atoms with van der Waals surface area (Å²) in [5, 5.41) is 3.34. The lowest BCUT2D eigenvalue weighted by molar-refractivity contribution is 0.0792. The molecule has 2 heterocycles. The summed E-state index contributed by atoms with van der Waals surface area (Å²) in [5.74, 6) is 0.976. The minimum absolute atomic E-state index is 0.0772. The molecule has 1 saturated heterocycles. The van der Waals surface area contributed by atoms with E-state index in [1.54, 1.807) is 19.5 Å². The predicted octanol–water partition coefficient (Wildman–Crippen LogP) is 2.98. The molecule has 0 saturated carbocycles. The van der Waals surface area contributed by atoms with Gasteiger partial charge < -0.3 is 15.0 Å². The topological polar surface area (TPSA) is 54.5 Å². The molecule has 126 valence electrons. The van der Waals surface area contributed by atoms with Crippen LogP contribution in [-0.4, -0.2) is 42.5 Å². The van der Waals surface area contributed by atoms with Gasteiger partial charge in [-0.05, 0) is 37.0 Å². The molecule has 0 spiro atoms. The summed E-state index contributed by atoms with van der Waals surface area (Å²) >= 11 is 0. The van der Waals surface area contributed by atoms with E-state index in [2.05, 4.69) is 16.4 Å². The van der Waals surface area contributed by atoms with E-state index in [4.69, 9.17) is 4.74 Å². The first-order valence-electron chi connectivity index (χ1n) is 8.38. The van der Waals surface area contributed by atoms with Crippen LogP contribution in [0.3, 0.4) is 0 Å². The number of hydrogen-bond acceptors (Lipinski definition) is 4. The predicted molar refractivity (Wildman–Crippen MR) is 94.6 cm³/mol. The van der Waals surface area contributed by atoms with Gasteiger partial charge in [0.2, 0.25) is 0 Å². The van der Waals surface area contributed by atoms with Crippen molar-refractivity contribution < 1.29 is 9.53 Å². The highest BCUT2D eigenvalue weighted by Gasteiger charge is 2.19. The fourth-order valence-electron chi connectivity index (χ4n) is 3.01. The number of aromatic nitrogens is 1. The summed E-state index contributed by atoms with van der Waals surface area (Å²) in [4.78, 5) is 18.5. The summed E-state index contributed by atoms with van der Waals surface area (Å²) in [5.41, 5.74) is 2.68. The second-order valence-corrected chi connectivity index (χ2v) is 5.95. The number of benzene rings is 1. The highest BCUT2D eigenvalue weighted by molar-refractivity contribution is 5.94. The zero-order valence-corrected chi connectivity index (χ0v) is 14.0. The van der Waals surface area contributed by atoms with Crippen LogP contribution in [0.2, 0.25) is 0 Å². The van der Waals surface area contributed by atoms with Gasteiger partial charge >= 0.3 is 0 Å². The molecule has 1 aliphatic rings. The summed E-state index contributed by atoms with van der Waals surface area (Å²) in [7, 11) is 1.68. The Hall–Kier alpha value is -2.56. The van der Waals surface area contributed by atoms with Crippen LogP contribution >= 0.6 is 0 Å². The Balaban J connectivity index is 1.59. The van der Waals surface area contributed by atoms with Crippen LogP contribution in [0.5, 0.6) is 5.75 Å². The molecule has 1 amide bonds. The van der Waals surface area contributed by atoms with Crippen molar-refractivity contribution in [3.05, 3.63) is 53.9 Å². The summed E-state index contributed by atoms with van der Waals surface area (Å²) in [6.07, 6.45) is 6.43. The third kappa shape index (κ3) is 3.85. The molecule has 1 N–H and O–H groups in total. The van der Waals surface area contributed by atoms with Crippen molar-refractivity contribution in [2.45, 2.75) is 19.3 Å². The van der Waals surface area contributed by atoms with Crippen molar-refractivity contribution in [1.29, 1.82) is 0 Å². The van der Waals surface area contributed by atoms with E-state index >= 15 is 0 Å². The maximum absolute atomic E-state index is 12.4. The first-order chi connectivity index (χ1) is 11.8. The lowest BCUT2D eigenvalue weighted by Gasteiger charge is -2.15. The molecule has 0 atom stereocenters. The SMILES string of the molecule is COc1ccccc1CCNc1cncc(C(=O)N2CCCC2)c1. The van der Waals surface area contributed by atoms with Gasteiger partial charge in [0.05, 0.1) is 18.4 Å². The number of para-hydroxylation sites is 1. The van der Waals surface area contributed by atoms with E-state index in [-0.39, 0.29) is 5.91 Å². The number of hydrogen-bond donors (Lipinski definition) is 1. The number of carbonyl (C=O) groups is 1. The van der Waals surface area contributed by atoms with Crippen LogP contribution in [0, 0.1) is 0 Å². The molecular weight excluding hydrogens is 302 g/mol. The smallest absolute Gasteiger partial charge is 0.255 e. The fraction of sp³-hybridized carbons (Fsp3) is 0.368. The third-order valence-electron chi connectivity index (χ3n) is 4.29. The van der Waals surface area contributed by atoms with Crippen molar-refractivity contribution in [3.8, 4) is 5.75 Å². The van der Waals surface area contributed by atoms with Gasteiger partial charge in [-0.3, -0.25) is 9.78 Å². The van der Waals surface area contributed by atoms with Crippen molar-refractivity contribution >= 4 is 11.6 Å². The molecule has 0 bridgehead atoms. The number of ether oxygens (including phenoxy) is 1. The Morgan fingerprint density at radius 2 is 2.04 bits per heavy atom.